The van der Waals surface area contributed by atoms with Gasteiger partial charge in [0, 0.05) is 36.6 Å². The van der Waals surface area contributed by atoms with Crippen molar-refractivity contribution in [3.05, 3.63) is 24.2 Å². The van der Waals surface area contributed by atoms with E-state index in [1.54, 1.807) is 12.5 Å². The van der Waals surface area contributed by atoms with Gasteiger partial charge in [0.15, 0.2) is 5.58 Å². The number of fused-ring (bicyclic) bond motifs is 3. The number of amides is 1. The molecule has 132 valence electrons. The van der Waals surface area contributed by atoms with Gasteiger partial charge in [-0.15, -0.1) is 0 Å². The Morgan fingerprint density at radius 2 is 2.20 bits per heavy atom. The molecule has 3 aliphatic heterocycles. The summed E-state index contributed by atoms with van der Waals surface area (Å²) >= 11 is 0. The maximum absolute atomic E-state index is 12.7. The average molecular weight is 342 g/mol. The van der Waals surface area contributed by atoms with E-state index in [0.717, 1.165) is 37.0 Å². The first kappa shape index (κ1) is 15.2. The number of hydrogen-bond acceptors (Lipinski definition) is 6. The van der Waals surface area contributed by atoms with Crippen molar-refractivity contribution in [2.24, 2.45) is 0 Å². The first-order valence-electron chi connectivity index (χ1n) is 9.05. The highest BCUT2D eigenvalue weighted by Gasteiger charge is 2.39. The third-order valence-corrected chi connectivity index (χ3v) is 5.64. The van der Waals surface area contributed by atoms with E-state index in [9.17, 15) is 4.79 Å². The van der Waals surface area contributed by atoms with E-state index in [-0.39, 0.29) is 11.9 Å². The van der Waals surface area contributed by atoms with Crippen molar-refractivity contribution in [3.63, 3.8) is 0 Å². The number of furan rings is 1. The van der Waals surface area contributed by atoms with Gasteiger partial charge in [0.2, 0.25) is 0 Å². The fourth-order valence-electron chi connectivity index (χ4n) is 4.32. The van der Waals surface area contributed by atoms with Gasteiger partial charge in [-0.3, -0.25) is 4.79 Å². The number of ether oxygens (including phenoxy) is 1. The van der Waals surface area contributed by atoms with Gasteiger partial charge in [0.1, 0.15) is 12.0 Å². The number of hydrogen-bond donors (Lipinski definition) is 2. The number of morpholine rings is 1. The number of pyridine rings is 1. The minimum Gasteiger partial charge on any atom is -0.460 e. The molecule has 3 saturated heterocycles. The van der Waals surface area contributed by atoms with Crippen LogP contribution in [0.3, 0.4) is 0 Å². The van der Waals surface area contributed by atoms with E-state index in [2.05, 4.69) is 20.5 Å². The van der Waals surface area contributed by atoms with Gasteiger partial charge in [0.25, 0.3) is 5.91 Å². The van der Waals surface area contributed by atoms with Gasteiger partial charge in [-0.25, -0.2) is 4.98 Å². The lowest BCUT2D eigenvalue weighted by Gasteiger charge is -2.27. The van der Waals surface area contributed by atoms with Crippen molar-refractivity contribution >= 4 is 22.6 Å². The summed E-state index contributed by atoms with van der Waals surface area (Å²) in [5.74, 6) is -0.102. The van der Waals surface area contributed by atoms with E-state index < -0.39 is 0 Å². The molecule has 2 bridgehead atoms. The number of anilines is 1. The largest absolute Gasteiger partial charge is 0.460 e. The molecule has 0 aliphatic carbocycles. The normalized spacial score (nSPS) is 28.6. The average Bonchev–Trinajstić information content (AvgIpc) is 3.37. The summed E-state index contributed by atoms with van der Waals surface area (Å²) in [7, 11) is 0. The standard InChI is InChI=1S/C18H22N4O3/c23-18(21-14-7-11-1-2-13(14)20-11)15-8-12-16(10-25-17(12)9-19-15)22-3-5-24-6-4-22/h8-11,13-14,20H,1-7H2,(H,21,23)/t11-,13+,14-/m1/s1. The molecule has 7 nitrogen and oxygen atoms in total. The van der Waals surface area contributed by atoms with Crippen LogP contribution in [0.1, 0.15) is 29.8 Å². The molecule has 5 rings (SSSR count). The molecule has 0 radical (unpaired) electrons. The molecule has 1 amide bonds. The van der Waals surface area contributed by atoms with Crippen molar-refractivity contribution in [2.75, 3.05) is 31.2 Å². The predicted molar refractivity (Wildman–Crippen MR) is 92.9 cm³/mol. The van der Waals surface area contributed by atoms with Crippen molar-refractivity contribution < 1.29 is 13.9 Å². The number of nitrogens with one attached hydrogen (secondary N) is 2. The molecule has 2 aromatic rings. The summed E-state index contributed by atoms with van der Waals surface area (Å²) in [5.41, 5.74) is 2.17. The number of carbonyl (C=O) groups excluding carboxylic acids is 1. The maximum atomic E-state index is 12.7. The third kappa shape index (κ3) is 2.67. The van der Waals surface area contributed by atoms with Crippen molar-refractivity contribution in [2.45, 2.75) is 37.4 Å². The van der Waals surface area contributed by atoms with Crippen LogP contribution in [-0.2, 0) is 4.74 Å². The van der Waals surface area contributed by atoms with Crippen LogP contribution < -0.4 is 15.5 Å². The van der Waals surface area contributed by atoms with Crippen LogP contribution in [0.5, 0.6) is 0 Å². The highest BCUT2D eigenvalue weighted by molar-refractivity contribution is 5.99. The highest BCUT2D eigenvalue weighted by atomic mass is 16.5. The zero-order valence-corrected chi connectivity index (χ0v) is 14.0. The second-order valence-corrected chi connectivity index (χ2v) is 7.15. The summed E-state index contributed by atoms with van der Waals surface area (Å²) in [5, 5.41) is 7.64. The molecule has 5 heterocycles. The zero-order chi connectivity index (χ0) is 16.8. The minimum atomic E-state index is -0.102. The topological polar surface area (TPSA) is 79.6 Å². The van der Waals surface area contributed by atoms with Gasteiger partial charge in [-0.2, -0.15) is 0 Å². The molecular weight excluding hydrogens is 320 g/mol. The Bertz CT molecular complexity index is 799. The summed E-state index contributed by atoms with van der Waals surface area (Å²) in [4.78, 5) is 19.2. The molecule has 2 N–H and O–H groups in total. The van der Waals surface area contributed by atoms with Gasteiger partial charge in [-0.05, 0) is 25.3 Å². The first-order valence-corrected chi connectivity index (χ1v) is 9.05. The predicted octanol–water partition coefficient (Wildman–Crippen LogP) is 1.29. The van der Waals surface area contributed by atoms with E-state index in [4.69, 9.17) is 9.15 Å². The Kier molecular flexibility index (Phi) is 3.64. The van der Waals surface area contributed by atoms with E-state index >= 15 is 0 Å². The first-order chi connectivity index (χ1) is 12.3. The lowest BCUT2D eigenvalue weighted by atomic mass is 9.95. The summed E-state index contributed by atoms with van der Waals surface area (Å²) < 4.78 is 11.0. The third-order valence-electron chi connectivity index (χ3n) is 5.64. The molecule has 7 heteroatoms. The van der Waals surface area contributed by atoms with Gasteiger partial charge >= 0.3 is 0 Å². The molecule has 0 saturated carbocycles. The quantitative estimate of drug-likeness (QED) is 0.875. The Hall–Kier alpha value is -2.12. The number of aromatic nitrogens is 1. The van der Waals surface area contributed by atoms with Crippen LogP contribution >= 0.6 is 0 Å². The van der Waals surface area contributed by atoms with Gasteiger partial charge < -0.3 is 24.7 Å². The molecule has 0 aromatic carbocycles. The second-order valence-electron chi connectivity index (χ2n) is 7.15. The molecule has 0 unspecified atom stereocenters. The van der Waals surface area contributed by atoms with Crippen LogP contribution in [0, 0.1) is 0 Å². The number of nitrogens with zero attached hydrogens (tertiary/aromatic N) is 2. The van der Waals surface area contributed by atoms with Crippen LogP contribution in [-0.4, -0.2) is 55.3 Å². The maximum Gasteiger partial charge on any atom is 0.270 e. The Labute approximate surface area is 145 Å². The van der Waals surface area contributed by atoms with Gasteiger partial charge in [0.05, 0.1) is 25.1 Å². The van der Waals surface area contributed by atoms with Crippen molar-refractivity contribution in [3.8, 4) is 0 Å². The van der Waals surface area contributed by atoms with Crippen molar-refractivity contribution in [1.29, 1.82) is 0 Å². The van der Waals surface area contributed by atoms with Crippen LogP contribution in [0.2, 0.25) is 0 Å². The second kappa shape index (κ2) is 6.00. The summed E-state index contributed by atoms with van der Waals surface area (Å²) in [6.45, 7) is 3.08. The van der Waals surface area contributed by atoms with E-state index in [1.807, 2.05) is 6.07 Å². The zero-order valence-electron chi connectivity index (χ0n) is 14.0. The van der Waals surface area contributed by atoms with Gasteiger partial charge in [-0.1, -0.05) is 0 Å². The summed E-state index contributed by atoms with van der Waals surface area (Å²) in [6.07, 6.45) is 6.78. The summed E-state index contributed by atoms with van der Waals surface area (Å²) in [6, 6.07) is 3.04. The fraction of sp³-hybridized carbons (Fsp3) is 0.556. The smallest absolute Gasteiger partial charge is 0.270 e. The highest BCUT2D eigenvalue weighted by Crippen LogP contribution is 2.31. The molecule has 25 heavy (non-hydrogen) atoms. The molecule has 2 aromatic heterocycles. The molecule has 0 spiro atoms. The molecule has 3 atom stereocenters. The molecule has 3 fully saturated rings. The Morgan fingerprint density at radius 3 is 2.96 bits per heavy atom. The number of rotatable bonds is 3. The van der Waals surface area contributed by atoms with Crippen molar-refractivity contribution in [1.82, 2.24) is 15.6 Å². The fourth-order valence-corrected chi connectivity index (χ4v) is 4.32. The van der Waals surface area contributed by atoms with E-state index in [1.165, 1.54) is 6.42 Å². The Balaban J connectivity index is 1.38. The van der Waals surface area contributed by atoms with Crippen LogP contribution in [0.25, 0.3) is 11.0 Å². The minimum absolute atomic E-state index is 0.102. The lowest BCUT2D eigenvalue weighted by Crippen LogP contribution is -2.43. The van der Waals surface area contributed by atoms with Crippen LogP contribution in [0.15, 0.2) is 22.9 Å². The van der Waals surface area contributed by atoms with E-state index in [0.29, 0.717) is 36.6 Å². The Morgan fingerprint density at radius 1 is 1.32 bits per heavy atom. The SMILES string of the molecule is O=C(N[C@@H]1C[C@H]2CC[C@@H]1N2)c1cc2c(N3CCOCC3)coc2cn1. The molecule has 3 aliphatic rings. The lowest BCUT2D eigenvalue weighted by molar-refractivity contribution is 0.0926. The van der Waals surface area contributed by atoms with Crippen LogP contribution in [0.4, 0.5) is 5.69 Å². The monoisotopic (exact) mass is 342 g/mol. The number of carbonyl (C=O) groups is 1. The molecular formula is C18H22N4O3.